The summed E-state index contributed by atoms with van der Waals surface area (Å²) in [5.41, 5.74) is 4.76. The number of rotatable bonds is 8. The molecule has 6 rings (SSSR count). The van der Waals surface area contributed by atoms with Crippen LogP contribution < -0.4 is 5.73 Å². The van der Waals surface area contributed by atoms with Crippen LogP contribution in [0.3, 0.4) is 0 Å². The van der Waals surface area contributed by atoms with E-state index in [1.807, 2.05) is 0 Å². The number of hydrogen-bond acceptors (Lipinski definition) is 4. The topological polar surface area (TPSA) is 94.3 Å². The van der Waals surface area contributed by atoms with Gasteiger partial charge in [-0.25, -0.2) is 12.8 Å². The van der Waals surface area contributed by atoms with E-state index >= 15 is 0 Å². The summed E-state index contributed by atoms with van der Waals surface area (Å²) in [4.78, 5) is 25.0. The quantitative estimate of drug-likeness (QED) is 0.494. The molecule has 0 aromatic heterocycles. The van der Waals surface area contributed by atoms with Crippen molar-refractivity contribution in [1.82, 2.24) is 0 Å². The minimum absolute atomic E-state index is 0.0236. The average molecular weight is 516 g/mol. The molecule has 1 aromatic carbocycles. The van der Waals surface area contributed by atoms with E-state index in [-0.39, 0.29) is 45.2 Å². The molecule has 0 aliphatic heterocycles. The first kappa shape index (κ1) is 23.6. The van der Waals surface area contributed by atoms with E-state index in [1.165, 1.54) is 0 Å². The molecule has 0 saturated heterocycles. The largest absolute Gasteiger partial charge is 0.369 e. The first-order valence-electron chi connectivity index (χ1n) is 11.7. The fourth-order valence-electron chi connectivity index (χ4n) is 7.20. The van der Waals surface area contributed by atoms with Crippen molar-refractivity contribution < 1.29 is 22.4 Å². The summed E-state index contributed by atoms with van der Waals surface area (Å²) in [6.45, 7) is 0. The van der Waals surface area contributed by atoms with Crippen LogP contribution in [0.1, 0.15) is 57.8 Å². The van der Waals surface area contributed by atoms with E-state index in [0.717, 1.165) is 44.2 Å². The van der Waals surface area contributed by atoms with Crippen LogP contribution in [0, 0.1) is 40.3 Å². The standard InChI is InChI=1S/C24H28Cl2FNO4S/c25-17-8-19(27)20(9-18(17)26)33(31,32)4-3-23(1-2-23)21(29)7-16-14-5-13-6-15(16)12-24(10-13,11-14)22(28)30/h8-9,13-16H,1-7,10-12H2,(H2,28,30). The van der Waals surface area contributed by atoms with Gasteiger partial charge in [0.2, 0.25) is 5.91 Å². The molecule has 5 aliphatic carbocycles. The summed E-state index contributed by atoms with van der Waals surface area (Å²) >= 11 is 11.7. The van der Waals surface area contributed by atoms with Crippen LogP contribution in [0.2, 0.25) is 10.0 Å². The fraction of sp³-hybridized carbons (Fsp3) is 0.667. The number of primary amides is 1. The molecule has 0 radical (unpaired) electrons. The third kappa shape index (κ3) is 4.02. The molecule has 1 amide bonds. The average Bonchev–Trinajstić information content (AvgIpc) is 3.52. The molecular formula is C24H28Cl2FNO4S. The van der Waals surface area contributed by atoms with Crippen molar-refractivity contribution >= 4 is 44.7 Å². The fourth-order valence-corrected chi connectivity index (χ4v) is 9.11. The molecular weight excluding hydrogens is 488 g/mol. The van der Waals surface area contributed by atoms with Crippen molar-refractivity contribution in [3.8, 4) is 0 Å². The summed E-state index contributed by atoms with van der Waals surface area (Å²) in [6.07, 6.45) is 6.53. The highest BCUT2D eigenvalue weighted by molar-refractivity contribution is 7.91. The predicted octanol–water partition coefficient (Wildman–Crippen LogP) is 4.96. The molecule has 2 atom stereocenters. The minimum Gasteiger partial charge on any atom is -0.369 e. The van der Waals surface area contributed by atoms with E-state index in [1.54, 1.807) is 0 Å². The first-order chi connectivity index (χ1) is 15.4. The van der Waals surface area contributed by atoms with Crippen molar-refractivity contribution in [1.29, 1.82) is 0 Å². The van der Waals surface area contributed by atoms with E-state index in [4.69, 9.17) is 28.9 Å². The molecule has 5 nitrogen and oxygen atoms in total. The summed E-state index contributed by atoms with van der Waals surface area (Å²) in [7, 11) is -3.95. The zero-order valence-electron chi connectivity index (χ0n) is 18.3. The summed E-state index contributed by atoms with van der Waals surface area (Å²) in [5.74, 6) is 0.166. The predicted molar refractivity (Wildman–Crippen MR) is 123 cm³/mol. The van der Waals surface area contributed by atoms with Crippen molar-refractivity contribution in [2.45, 2.75) is 62.7 Å². The maximum Gasteiger partial charge on any atom is 0.223 e. The SMILES string of the molecule is NC(=O)C12CC3CC(C1)C(CC(=O)C1(CCS(=O)(=O)c4cc(Cl)c(Cl)cc4F)CC1)C(C3)C2. The summed E-state index contributed by atoms with van der Waals surface area (Å²) in [6, 6.07) is 1.94. The van der Waals surface area contributed by atoms with Crippen molar-refractivity contribution in [3.05, 3.63) is 28.0 Å². The molecule has 180 valence electrons. The molecule has 5 fully saturated rings. The number of benzene rings is 1. The zero-order valence-corrected chi connectivity index (χ0v) is 20.6. The number of nitrogens with two attached hydrogens (primary N) is 1. The van der Waals surface area contributed by atoms with E-state index in [2.05, 4.69) is 0 Å². The van der Waals surface area contributed by atoms with Crippen LogP contribution in [-0.2, 0) is 19.4 Å². The molecule has 2 N–H and O–H groups in total. The Morgan fingerprint density at radius 2 is 1.67 bits per heavy atom. The van der Waals surface area contributed by atoms with Gasteiger partial charge in [-0.1, -0.05) is 23.2 Å². The molecule has 1 aromatic rings. The van der Waals surface area contributed by atoms with Crippen molar-refractivity contribution in [2.24, 2.45) is 40.2 Å². The van der Waals surface area contributed by atoms with Gasteiger partial charge in [0.1, 0.15) is 16.5 Å². The molecule has 5 aliphatic rings. The molecule has 2 unspecified atom stereocenters. The highest BCUT2D eigenvalue weighted by Crippen LogP contribution is 2.63. The second-order valence-corrected chi connectivity index (χ2v) is 13.8. The molecule has 9 heteroatoms. The van der Waals surface area contributed by atoms with E-state index in [0.29, 0.717) is 37.0 Å². The number of carbonyl (C=O) groups is 2. The Kier molecular flexibility index (Phi) is 5.65. The molecule has 0 heterocycles. The Morgan fingerprint density at radius 1 is 1.06 bits per heavy atom. The van der Waals surface area contributed by atoms with Crippen LogP contribution >= 0.6 is 23.2 Å². The monoisotopic (exact) mass is 515 g/mol. The molecule has 33 heavy (non-hydrogen) atoms. The lowest BCUT2D eigenvalue weighted by Crippen LogP contribution is -2.56. The highest BCUT2D eigenvalue weighted by atomic mass is 35.5. The van der Waals surface area contributed by atoms with Gasteiger partial charge in [-0.3, -0.25) is 9.59 Å². The maximum atomic E-state index is 14.3. The number of Topliss-reactive ketones (excluding diaryl/α,β-unsaturated/α-hetero) is 1. The Bertz CT molecular complexity index is 1120. The Hall–Kier alpha value is -1.18. The van der Waals surface area contributed by atoms with Crippen LogP contribution in [0.4, 0.5) is 4.39 Å². The Balaban J connectivity index is 1.26. The summed E-state index contributed by atoms with van der Waals surface area (Å²) < 4.78 is 39.9. The Morgan fingerprint density at radius 3 is 2.24 bits per heavy atom. The van der Waals surface area contributed by atoms with Gasteiger partial charge >= 0.3 is 0 Å². The third-order valence-corrected chi connectivity index (χ3v) is 11.5. The molecule has 4 bridgehead atoms. The van der Waals surface area contributed by atoms with Crippen LogP contribution in [0.25, 0.3) is 0 Å². The molecule has 5 saturated carbocycles. The van der Waals surface area contributed by atoms with Crippen molar-refractivity contribution in [3.63, 3.8) is 0 Å². The van der Waals surface area contributed by atoms with Gasteiger partial charge in [-0.15, -0.1) is 0 Å². The Labute approximate surface area is 203 Å². The number of ketones is 1. The van der Waals surface area contributed by atoms with Gasteiger partial charge < -0.3 is 5.73 Å². The maximum absolute atomic E-state index is 14.3. The molecule has 0 spiro atoms. The lowest BCUT2D eigenvalue weighted by Gasteiger charge is -2.59. The highest BCUT2D eigenvalue weighted by Gasteiger charge is 2.59. The van der Waals surface area contributed by atoms with Gasteiger partial charge in [0.05, 0.1) is 15.8 Å². The van der Waals surface area contributed by atoms with E-state index in [9.17, 15) is 22.4 Å². The smallest absolute Gasteiger partial charge is 0.223 e. The van der Waals surface area contributed by atoms with Crippen LogP contribution in [0.5, 0.6) is 0 Å². The number of halogens is 3. The minimum atomic E-state index is -3.95. The van der Waals surface area contributed by atoms with Crippen LogP contribution in [0.15, 0.2) is 17.0 Å². The number of sulfone groups is 1. The van der Waals surface area contributed by atoms with Gasteiger partial charge in [-0.2, -0.15) is 0 Å². The zero-order chi connectivity index (χ0) is 23.8. The van der Waals surface area contributed by atoms with E-state index < -0.39 is 26.0 Å². The second-order valence-electron chi connectivity index (χ2n) is 11.0. The first-order valence-corrected chi connectivity index (χ1v) is 14.1. The lowest BCUT2D eigenvalue weighted by molar-refractivity contribution is -0.152. The van der Waals surface area contributed by atoms with Gasteiger partial charge in [-0.05, 0) is 87.2 Å². The lowest BCUT2D eigenvalue weighted by atomic mass is 9.45. The summed E-state index contributed by atoms with van der Waals surface area (Å²) in [5, 5.41) is -0.0692. The van der Waals surface area contributed by atoms with Crippen molar-refractivity contribution in [2.75, 3.05) is 5.75 Å². The number of carbonyl (C=O) groups excluding carboxylic acids is 2. The number of hydrogen-bond donors (Lipinski definition) is 1. The second kappa shape index (κ2) is 7.92. The third-order valence-electron chi connectivity index (χ3n) is 9.02. The van der Waals surface area contributed by atoms with Gasteiger partial charge in [0.15, 0.2) is 9.84 Å². The van der Waals surface area contributed by atoms with Gasteiger partial charge in [0.25, 0.3) is 0 Å². The normalized spacial score (nSPS) is 33.8. The van der Waals surface area contributed by atoms with Gasteiger partial charge in [0, 0.05) is 17.3 Å². The number of amides is 1. The van der Waals surface area contributed by atoms with Crippen LogP contribution in [-0.4, -0.2) is 25.9 Å².